The highest BCUT2D eigenvalue weighted by Crippen LogP contribution is 2.28. The van der Waals surface area contributed by atoms with E-state index >= 15 is 0 Å². The summed E-state index contributed by atoms with van der Waals surface area (Å²) in [5, 5.41) is 0. The first-order valence-electron chi connectivity index (χ1n) is 6.60. The Labute approximate surface area is 128 Å². The number of benzene rings is 2. The van der Waals surface area contributed by atoms with Crippen LogP contribution in [0.5, 0.6) is 0 Å². The van der Waals surface area contributed by atoms with Crippen molar-refractivity contribution in [3.8, 4) is 22.3 Å². The van der Waals surface area contributed by atoms with Crippen LogP contribution < -0.4 is 5.56 Å². The van der Waals surface area contributed by atoms with Crippen molar-refractivity contribution < 1.29 is 17.6 Å². The standard InChI is InChI=1S/C17H9F4NO/c18-13-5-1-3-10(15(13)20)9-7-12(17(23)22-8-9)11-4-2-6-14(19)16(11)21/h1-8H,(H,22,23). The van der Waals surface area contributed by atoms with Gasteiger partial charge in [0.25, 0.3) is 5.56 Å². The van der Waals surface area contributed by atoms with Crippen molar-refractivity contribution in [3.05, 3.63) is 82.3 Å². The molecule has 6 heteroatoms. The maximum absolute atomic E-state index is 13.9. The number of aromatic nitrogens is 1. The van der Waals surface area contributed by atoms with E-state index in [4.69, 9.17) is 0 Å². The van der Waals surface area contributed by atoms with Gasteiger partial charge in [-0.1, -0.05) is 24.3 Å². The number of H-pyrrole nitrogens is 1. The average Bonchev–Trinajstić information content (AvgIpc) is 2.54. The van der Waals surface area contributed by atoms with E-state index in [9.17, 15) is 22.4 Å². The molecule has 1 N–H and O–H groups in total. The Morgan fingerprint density at radius 2 is 1.30 bits per heavy atom. The molecule has 3 rings (SSSR count). The van der Waals surface area contributed by atoms with Crippen LogP contribution in [0, 0.1) is 23.3 Å². The number of halogens is 4. The van der Waals surface area contributed by atoms with Gasteiger partial charge in [0.15, 0.2) is 23.3 Å². The first-order valence-corrected chi connectivity index (χ1v) is 6.60. The van der Waals surface area contributed by atoms with Gasteiger partial charge in [-0.3, -0.25) is 4.79 Å². The van der Waals surface area contributed by atoms with Crippen molar-refractivity contribution in [2.75, 3.05) is 0 Å². The maximum Gasteiger partial charge on any atom is 0.255 e. The third-order valence-electron chi connectivity index (χ3n) is 3.41. The molecule has 0 fully saturated rings. The van der Waals surface area contributed by atoms with Crippen molar-refractivity contribution >= 4 is 0 Å². The SMILES string of the molecule is O=c1[nH]cc(-c2cccc(F)c2F)cc1-c1cccc(F)c1F. The number of nitrogens with one attached hydrogen (secondary N) is 1. The van der Waals surface area contributed by atoms with Crippen LogP contribution in [0.3, 0.4) is 0 Å². The minimum atomic E-state index is -1.19. The van der Waals surface area contributed by atoms with E-state index in [-0.39, 0.29) is 22.3 Å². The smallest absolute Gasteiger partial charge is 0.255 e. The summed E-state index contributed by atoms with van der Waals surface area (Å²) in [5.74, 6) is -4.43. The minimum Gasteiger partial charge on any atom is -0.328 e. The van der Waals surface area contributed by atoms with E-state index in [1.54, 1.807) is 0 Å². The number of pyridine rings is 1. The van der Waals surface area contributed by atoms with Gasteiger partial charge in [-0.15, -0.1) is 0 Å². The van der Waals surface area contributed by atoms with E-state index < -0.39 is 28.8 Å². The molecule has 0 radical (unpaired) electrons. The van der Waals surface area contributed by atoms with Crippen LogP contribution in [-0.4, -0.2) is 4.98 Å². The molecule has 0 saturated carbocycles. The van der Waals surface area contributed by atoms with E-state index in [0.717, 1.165) is 12.1 Å². The van der Waals surface area contributed by atoms with Crippen LogP contribution in [0.4, 0.5) is 17.6 Å². The normalized spacial score (nSPS) is 10.8. The highest BCUT2D eigenvalue weighted by atomic mass is 19.2. The third kappa shape index (κ3) is 2.63. The second-order valence-electron chi connectivity index (χ2n) is 4.83. The predicted octanol–water partition coefficient (Wildman–Crippen LogP) is 4.27. The summed E-state index contributed by atoms with van der Waals surface area (Å²) >= 11 is 0. The monoisotopic (exact) mass is 319 g/mol. The summed E-state index contributed by atoms with van der Waals surface area (Å²) in [7, 11) is 0. The Kier molecular flexibility index (Phi) is 3.73. The molecule has 0 atom stereocenters. The topological polar surface area (TPSA) is 32.9 Å². The summed E-state index contributed by atoms with van der Waals surface area (Å²) < 4.78 is 54.4. The van der Waals surface area contributed by atoms with Crippen molar-refractivity contribution in [1.82, 2.24) is 4.98 Å². The molecule has 1 aromatic heterocycles. The van der Waals surface area contributed by atoms with Crippen LogP contribution in [0.1, 0.15) is 0 Å². The Balaban J connectivity index is 2.23. The van der Waals surface area contributed by atoms with Gasteiger partial charge in [-0.2, -0.15) is 0 Å². The molecular formula is C17H9F4NO. The summed E-state index contributed by atoms with van der Waals surface area (Å²) in [6.45, 7) is 0. The molecule has 0 spiro atoms. The highest BCUT2D eigenvalue weighted by molar-refractivity contribution is 5.72. The molecule has 0 bridgehead atoms. The molecule has 0 aliphatic rings. The van der Waals surface area contributed by atoms with Gasteiger partial charge in [-0.25, -0.2) is 17.6 Å². The molecule has 2 nitrogen and oxygen atoms in total. The molecule has 3 aromatic rings. The third-order valence-corrected chi connectivity index (χ3v) is 3.41. The van der Waals surface area contributed by atoms with E-state index in [0.29, 0.717) is 0 Å². The summed E-state index contributed by atoms with van der Waals surface area (Å²) in [5.41, 5.74) is -1.07. The number of aromatic amines is 1. The number of rotatable bonds is 2. The van der Waals surface area contributed by atoms with E-state index in [1.807, 2.05) is 0 Å². The van der Waals surface area contributed by atoms with Gasteiger partial charge in [-0.05, 0) is 18.2 Å². The molecule has 0 amide bonds. The van der Waals surface area contributed by atoms with Gasteiger partial charge in [0.1, 0.15) is 0 Å². The Morgan fingerprint density at radius 1 is 0.739 bits per heavy atom. The minimum absolute atomic E-state index is 0.0979. The number of hydrogen-bond acceptors (Lipinski definition) is 1. The zero-order valence-electron chi connectivity index (χ0n) is 11.5. The molecule has 23 heavy (non-hydrogen) atoms. The molecule has 0 aliphatic heterocycles. The molecule has 116 valence electrons. The number of hydrogen-bond donors (Lipinski definition) is 1. The van der Waals surface area contributed by atoms with Gasteiger partial charge in [0.2, 0.25) is 0 Å². The zero-order valence-corrected chi connectivity index (χ0v) is 11.5. The van der Waals surface area contributed by atoms with Crippen molar-refractivity contribution in [3.63, 3.8) is 0 Å². The second-order valence-corrected chi connectivity index (χ2v) is 4.83. The fourth-order valence-electron chi connectivity index (χ4n) is 2.28. The first kappa shape index (κ1) is 15.0. The van der Waals surface area contributed by atoms with Crippen molar-refractivity contribution in [2.24, 2.45) is 0 Å². The lowest BCUT2D eigenvalue weighted by Crippen LogP contribution is -2.10. The van der Waals surface area contributed by atoms with Crippen LogP contribution in [-0.2, 0) is 0 Å². The maximum atomic E-state index is 13.9. The molecule has 1 heterocycles. The van der Waals surface area contributed by atoms with Crippen LogP contribution in [0.25, 0.3) is 22.3 Å². The fraction of sp³-hybridized carbons (Fsp3) is 0. The van der Waals surface area contributed by atoms with Crippen LogP contribution >= 0.6 is 0 Å². The lowest BCUT2D eigenvalue weighted by Gasteiger charge is -2.08. The van der Waals surface area contributed by atoms with Gasteiger partial charge in [0, 0.05) is 22.9 Å². The fourth-order valence-corrected chi connectivity index (χ4v) is 2.28. The largest absolute Gasteiger partial charge is 0.328 e. The van der Waals surface area contributed by atoms with Crippen molar-refractivity contribution in [1.29, 1.82) is 0 Å². The van der Waals surface area contributed by atoms with E-state index in [2.05, 4.69) is 4.98 Å². The Hall–Kier alpha value is -2.89. The van der Waals surface area contributed by atoms with Crippen molar-refractivity contribution in [2.45, 2.75) is 0 Å². The van der Waals surface area contributed by atoms with Gasteiger partial charge in [0.05, 0.1) is 5.56 Å². The molecule has 0 aliphatic carbocycles. The Morgan fingerprint density at radius 3 is 1.96 bits per heavy atom. The highest BCUT2D eigenvalue weighted by Gasteiger charge is 2.16. The summed E-state index contributed by atoms with van der Waals surface area (Å²) in [4.78, 5) is 14.2. The Bertz CT molecular complexity index is 950. The molecule has 2 aromatic carbocycles. The summed E-state index contributed by atoms with van der Waals surface area (Å²) in [6.07, 6.45) is 1.18. The molecular weight excluding hydrogens is 310 g/mol. The molecule has 0 saturated heterocycles. The predicted molar refractivity (Wildman–Crippen MR) is 77.8 cm³/mol. The quantitative estimate of drug-likeness (QED) is 0.703. The molecule has 0 unspecified atom stereocenters. The lowest BCUT2D eigenvalue weighted by atomic mass is 10.0. The van der Waals surface area contributed by atoms with Gasteiger partial charge >= 0.3 is 0 Å². The average molecular weight is 319 g/mol. The van der Waals surface area contributed by atoms with E-state index in [1.165, 1.54) is 36.5 Å². The van der Waals surface area contributed by atoms with Gasteiger partial charge < -0.3 is 4.98 Å². The summed E-state index contributed by atoms with van der Waals surface area (Å²) in [6, 6.07) is 8.17. The van der Waals surface area contributed by atoms with Crippen LogP contribution in [0.2, 0.25) is 0 Å². The zero-order chi connectivity index (χ0) is 16.6. The second kappa shape index (κ2) is 5.72. The van der Waals surface area contributed by atoms with Crippen LogP contribution in [0.15, 0.2) is 53.5 Å². The lowest BCUT2D eigenvalue weighted by molar-refractivity contribution is 0.511. The first-order chi connectivity index (χ1) is 11.0.